The number of amidine groups is 1. The Labute approximate surface area is 83.8 Å². The molecule has 0 aliphatic rings. The van der Waals surface area contributed by atoms with Crippen molar-refractivity contribution in [1.82, 2.24) is 4.90 Å². The zero-order chi connectivity index (χ0) is 11.1. The van der Waals surface area contributed by atoms with Gasteiger partial charge in [-0.2, -0.15) is 0 Å². The molecule has 0 bridgehead atoms. The topological polar surface area (TPSA) is 53.1 Å². The van der Waals surface area contributed by atoms with Gasteiger partial charge in [0.05, 0.1) is 12.4 Å². The first-order chi connectivity index (χ1) is 6.41. The molecule has 0 unspecified atom stereocenters. The summed E-state index contributed by atoms with van der Waals surface area (Å²) in [4.78, 5) is 1.65. The van der Waals surface area contributed by atoms with Crippen molar-refractivity contribution >= 4 is 5.84 Å². The Balaban J connectivity index is 3.90. The smallest absolute Gasteiger partial charge is 0.251 e. The van der Waals surface area contributed by atoms with Crippen molar-refractivity contribution in [2.24, 2.45) is 11.7 Å². The summed E-state index contributed by atoms with van der Waals surface area (Å²) in [5.74, 6) is 0.397. The zero-order valence-corrected chi connectivity index (χ0v) is 8.76. The molecule has 5 heteroatoms. The highest BCUT2D eigenvalue weighted by Crippen LogP contribution is 2.03. The molecule has 0 atom stereocenters. The largest absolute Gasteiger partial charge is 0.388 e. The molecule has 0 fully saturated rings. The standard InChI is InChI=1S/C9H19F2N3/c1-7(2)5-14(6-8(10)11)4-3-9(12)13/h7-8H,3-6H2,1-2H3,(H3,12,13). The molecule has 0 radical (unpaired) electrons. The fraction of sp³-hybridized carbons (Fsp3) is 0.889. The Morgan fingerprint density at radius 2 is 1.93 bits per heavy atom. The van der Waals surface area contributed by atoms with Gasteiger partial charge < -0.3 is 5.73 Å². The number of alkyl halides is 2. The lowest BCUT2D eigenvalue weighted by Crippen LogP contribution is -2.34. The van der Waals surface area contributed by atoms with E-state index in [1.165, 1.54) is 0 Å². The normalized spacial score (nSPS) is 11.6. The summed E-state index contributed by atoms with van der Waals surface area (Å²) in [5, 5.41) is 7.02. The van der Waals surface area contributed by atoms with Crippen molar-refractivity contribution in [3.63, 3.8) is 0 Å². The summed E-state index contributed by atoms with van der Waals surface area (Å²) in [6, 6.07) is 0. The highest BCUT2D eigenvalue weighted by atomic mass is 19.3. The van der Waals surface area contributed by atoms with Crippen LogP contribution in [-0.2, 0) is 0 Å². The molecule has 0 aromatic rings. The van der Waals surface area contributed by atoms with Crippen LogP contribution in [0, 0.1) is 11.3 Å². The van der Waals surface area contributed by atoms with Gasteiger partial charge in [0.25, 0.3) is 6.43 Å². The Kier molecular flexibility index (Phi) is 6.36. The third kappa shape index (κ3) is 7.91. The minimum absolute atomic E-state index is 0.0491. The monoisotopic (exact) mass is 207 g/mol. The Morgan fingerprint density at radius 3 is 2.29 bits per heavy atom. The molecule has 0 saturated carbocycles. The summed E-state index contributed by atoms with van der Waals surface area (Å²) >= 11 is 0. The third-order valence-corrected chi connectivity index (χ3v) is 1.72. The second kappa shape index (κ2) is 6.70. The Bertz CT molecular complexity index is 161. The van der Waals surface area contributed by atoms with Crippen LogP contribution in [0.2, 0.25) is 0 Å². The maximum absolute atomic E-state index is 12.1. The van der Waals surface area contributed by atoms with Crippen molar-refractivity contribution in [2.45, 2.75) is 26.7 Å². The van der Waals surface area contributed by atoms with E-state index in [1.807, 2.05) is 13.8 Å². The molecule has 3 nitrogen and oxygen atoms in total. The molecule has 84 valence electrons. The van der Waals surface area contributed by atoms with Gasteiger partial charge in [0.1, 0.15) is 0 Å². The molecule has 0 heterocycles. The van der Waals surface area contributed by atoms with Crippen LogP contribution < -0.4 is 5.73 Å². The molecule has 0 saturated heterocycles. The van der Waals surface area contributed by atoms with Gasteiger partial charge in [-0.1, -0.05) is 13.8 Å². The van der Waals surface area contributed by atoms with E-state index in [1.54, 1.807) is 4.90 Å². The average molecular weight is 207 g/mol. The molecular formula is C9H19F2N3. The van der Waals surface area contributed by atoms with Crippen LogP contribution in [-0.4, -0.2) is 36.8 Å². The van der Waals surface area contributed by atoms with E-state index >= 15 is 0 Å². The fourth-order valence-corrected chi connectivity index (χ4v) is 1.25. The minimum atomic E-state index is -2.32. The summed E-state index contributed by atoms with van der Waals surface area (Å²) < 4.78 is 24.3. The Morgan fingerprint density at radius 1 is 1.36 bits per heavy atom. The second-order valence-corrected chi connectivity index (χ2v) is 3.82. The summed E-state index contributed by atoms with van der Waals surface area (Å²) in [6.45, 7) is 4.79. The van der Waals surface area contributed by atoms with Crippen LogP contribution in [0.4, 0.5) is 8.78 Å². The minimum Gasteiger partial charge on any atom is -0.388 e. The Hall–Kier alpha value is -0.710. The number of halogens is 2. The van der Waals surface area contributed by atoms with Crippen LogP contribution in [0.25, 0.3) is 0 Å². The summed E-state index contributed by atoms with van der Waals surface area (Å²) in [7, 11) is 0. The van der Waals surface area contributed by atoms with Gasteiger partial charge in [-0.3, -0.25) is 10.3 Å². The second-order valence-electron chi connectivity index (χ2n) is 3.82. The van der Waals surface area contributed by atoms with Crippen LogP contribution in [0.5, 0.6) is 0 Å². The third-order valence-electron chi connectivity index (χ3n) is 1.72. The average Bonchev–Trinajstić information content (AvgIpc) is 1.97. The molecule has 0 aliphatic carbocycles. The van der Waals surface area contributed by atoms with Crippen LogP contribution in [0.1, 0.15) is 20.3 Å². The van der Waals surface area contributed by atoms with Gasteiger partial charge in [-0.25, -0.2) is 8.78 Å². The van der Waals surface area contributed by atoms with Crippen molar-refractivity contribution in [2.75, 3.05) is 19.6 Å². The fourth-order valence-electron chi connectivity index (χ4n) is 1.25. The first kappa shape index (κ1) is 13.3. The highest BCUT2D eigenvalue weighted by molar-refractivity contribution is 5.76. The van der Waals surface area contributed by atoms with Gasteiger partial charge in [0.2, 0.25) is 0 Å². The molecule has 0 spiro atoms. The number of hydrogen-bond acceptors (Lipinski definition) is 2. The van der Waals surface area contributed by atoms with E-state index in [-0.39, 0.29) is 12.4 Å². The van der Waals surface area contributed by atoms with Crippen molar-refractivity contribution in [1.29, 1.82) is 5.41 Å². The molecular weight excluding hydrogens is 188 g/mol. The van der Waals surface area contributed by atoms with Gasteiger partial charge in [-0.15, -0.1) is 0 Å². The lowest BCUT2D eigenvalue weighted by Gasteiger charge is -2.23. The maximum atomic E-state index is 12.1. The number of hydrogen-bond donors (Lipinski definition) is 2. The van der Waals surface area contributed by atoms with Crippen LogP contribution in [0.3, 0.4) is 0 Å². The lowest BCUT2D eigenvalue weighted by molar-refractivity contribution is 0.0838. The first-order valence-corrected chi connectivity index (χ1v) is 4.75. The first-order valence-electron chi connectivity index (χ1n) is 4.75. The van der Waals surface area contributed by atoms with E-state index in [4.69, 9.17) is 11.1 Å². The predicted molar refractivity (Wildman–Crippen MR) is 53.8 cm³/mol. The van der Waals surface area contributed by atoms with E-state index in [0.29, 0.717) is 25.4 Å². The molecule has 3 N–H and O–H groups in total. The lowest BCUT2D eigenvalue weighted by atomic mass is 10.2. The molecule has 0 rings (SSSR count). The number of nitrogens with zero attached hydrogens (tertiary/aromatic N) is 1. The molecule has 0 amide bonds. The number of nitrogens with one attached hydrogen (secondary N) is 1. The van der Waals surface area contributed by atoms with Gasteiger partial charge in [0.15, 0.2) is 0 Å². The van der Waals surface area contributed by atoms with Gasteiger partial charge in [-0.05, 0) is 5.92 Å². The highest BCUT2D eigenvalue weighted by Gasteiger charge is 2.13. The van der Waals surface area contributed by atoms with Crippen molar-refractivity contribution in [3.05, 3.63) is 0 Å². The summed E-state index contributed by atoms with van der Waals surface area (Å²) in [6.07, 6.45) is -1.96. The molecule has 0 aliphatic heterocycles. The van der Waals surface area contributed by atoms with Crippen LogP contribution >= 0.6 is 0 Å². The van der Waals surface area contributed by atoms with Gasteiger partial charge in [0, 0.05) is 19.5 Å². The molecule has 14 heavy (non-hydrogen) atoms. The van der Waals surface area contributed by atoms with Crippen molar-refractivity contribution < 1.29 is 8.78 Å². The predicted octanol–water partition coefficient (Wildman–Crippen LogP) is 1.54. The van der Waals surface area contributed by atoms with E-state index in [2.05, 4.69) is 0 Å². The molecule has 0 aromatic carbocycles. The van der Waals surface area contributed by atoms with E-state index in [9.17, 15) is 8.78 Å². The van der Waals surface area contributed by atoms with E-state index < -0.39 is 6.43 Å². The van der Waals surface area contributed by atoms with E-state index in [0.717, 1.165) is 0 Å². The maximum Gasteiger partial charge on any atom is 0.251 e. The molecule has 0 aromatic heterocycles. The van der Waals surface area contributed by atoms with Crippen molar-refractivity contribution in [3.8, 4) is 0 Å². The number of rotatable bonds is 7. The van der Waals surface area contributed by atoms with Crippen LogP contribution in [0.15, 0.2) is 0 Å². The summed E-state index contributed by atoms with van der Waals surface area (Å²) in [5.41, 5.74) is 5.17. The van der Waals surface area contributed by atoms with Gasteiger partial charge >= 0.3 is 0 Å². The quantitative estimate of drug-likeness (QED) is 0.491. The SMILES string of the molecule is CC(C)CN(CCC(=N)N)CC(F)F. The zero-order valence-electron chi connectivity index (χ0n) is 8.76. The number of nitrogens with two attached hydrogens (primary N) is 1.